The number of carboxylic acids is 1. The second kappa shape index (κ2) is 5.08. The van der Waals surface area contributed by atoms with Gasteiger partial charge in [0.15, 0.2) is 0 Å². The lowest BCUT2D eigenvalue weighted by Crippen LogP contribution is -2.68. The summed E-state index contributed by atoms with van der Waals surface area (Å²) in [7, 11) is 2.01. The zero-order valence-corrected chi connectivity index (χ0v) is 10.9. The normalized spacial score (nSPS) is 17.5. The molecule has 1 fully saturated rings. The van der Waals surface area contributed by atoms with Crippen molar-refractivity contribution in [2.75, 3.05) is 20.1 Å². The van der Waals surface area contributed by atoms with Gasteiger partial charge in [0.05, 0.1) is 12.0 Å². The standard InChI is InChI=1S/C14H20N2O2/c1-11-5-3-4-6-12(11)8-16(2)14(7-13(17)18)9-15-10-14/h3-6,15H,7-10H2,1-2H3,(H,17,18). The average Bonchev–Trinajstić information content (AvgIpc) is 2.26. The molecule has 2 N–H and O–H groups in total. The molecule has 0 aliphatic carbocycles. The smallest absolute Gasteiger partial charge is 0.305 e. The van der Waals surface area contributed by atoms with E-state index in [2.05, 4.69) is 29.3 Å². The van der Waals surface area contributed by atoms with Gasteiger partial charge in [-0.25, -0.2) is 0 Å². The first-order chi connectivity index (χ1) is 8.53. The van der Waals surface area contributed by atoms with Crippen LogP contribution in [0.15, 0.2) is 24.3 Å². The molecule has 0 atom stereocenters. The minimum Gasteiger partial charge on any atom is -0.481 e. The molecule has 0 saturated carbocycles. The van der Waals surface area contributed by atoms with Crippen LogP contribution in [0.25, 0.3) is 0 Å². The fourth-order valence-electron chi connectivity index (χ4n) is 2.44. The molecular weight excluding hydrogens is 228 g/mol. The molecule has 4 heteroatoms. The summed E-state index contributed by atoms with van der Waals surface area (Å²) in [5, 5.41) is 12.2. The molecule has 0 amide bonds. The lowest BCUT2D eigenvalue weighted by Gasteiger charge is -2.48. The molecule has 1 heterocycles. The maximum Gasteiger partial charge on any atom is 0.305 e. The molecule has 1 saturated heterocycles. The maximum atomic E-state index is 11.0. The summed E-state index contributed by atoms with van der Waals surface area (Å²) in [4.78, 5) is 13.1. The lowest BCUT2D eigenvalue weighted by molar-refractivity contribution is -0.141. The molecule has 0 radical (unpaired) electrons. The quantitative estimate of drug-likeness (QED) is 0.823. The van der Waals surface area contributed by atoms with E-state index in [1.807, 2.05) is 19.2 Å². The molecular formula is C14H20N2O2. The van der Waals surface area contributed by atoms with Gasteiger partial charge in [0, 0.05) is 19.6 Å². The largest absolute Gasteiger partial charge is 0.481 e. The molecule has 0 unspecified atom stereocenters. The zero-order valence-electron chi connectivity index (χ0n) is 10.9. The number of nitrogens with one attached hydrogen (secondary N) is 1. The Morgan fingerprint density at radius 3 is 2.61 bits per heavy atom. The van der Waals surface area contributed by atoms with Gasteiger partial charge in [-0.1, -0.05) is 24.3 Å². The Hall–Kier alpha value is -1.39. The molecule has 1 aromatic carbocycles. The van der Waals surface area contributed by atoms with Gasteiger partial charge in [-0.2, -0.15) is 0 Å². The van der Waals surface area contributed by atoms with Crippen molar-refractivity contribution in [1.82, 2.24) is 10.2 Å². The molecule has 1 aliphatic heterocycles. The third-order valence-corrected chi connectivity index (χ3v) is 3.87. The summed E-state index contributed by atoms with van der Waals surface area (Å²) in [5.74, 6) is -0.729. The number of carboxylic acid groups (broad SMARTS) is 1. The van der Waals surface area contributed by atoms with Crippen molar-refractivity contribution in [3.8, 4) is 0 Å². The fourth-order valence-corrected chi connectivity index (χ4v) is 2.44. The third kappa shape index (κ3) is 2.54. The summed E-state index contributed by atoms with van der Waals surface area (Å²) in [6, 6.07) is 8.24. The van der Waals surface area contributed by atoms with Gasteiger partial charge >= 0.3 is 5.97 Å². The van der Waals surface area contributed by atoms with Crippen LogP contribution in [0, 0.1) is 6.92 Å². The number of likely N-dealkylation sites (N-methyl/N-ethyl adjacent to an activating group) is 1. The van der Waals surface area contributed by atoms with Gasteiger partial charge in [-0.15, -0.1) is 0 Å². The van der Waals surface area contributed by atoms with E-state index in [0.29, 0.717) is 0 Å². The van der Waals surface area contributed by atoms with E-state index in [-0.39, 0.29) is 12.0 Å². The third-order valence-electron chi connectivity index (χ3n) is 3.87. The van der Waals surface area contributed by atoms with Gasteiger partial charge in [0.1, 0.15) is 0 Å². The topological polar surface area (TPSA) is 52.6 Å². The summed E-state index contributed by atoms with van der Waals surface area (Å²) in [6.45, 7) is 4.39. The molecule has 1 aliphatic rings. The summed E-state index contributed by atoms with van der Waals surface area (Å²) in [6.07, 6.45) is 0.197. The van der Waals surface area contributed by atoms with Gasteiger partial charge in [-0.3, -0.25) is 9.69 Å². The summed E-state index contributed by atoms with van der Waals surface area (Å²) < 4.78 is 0. The second-order valence-electron chi connectivity index (χ2n) is 5.18. The van der Waals surface area contributed by atoms with Crippen LogP contribution in [0.1, 0.15) is 17.5 Å². The SMILES string of the molecule is Cc1ccccc1CN(C)C1(CC(=O)O)CNC1. The van der Waals surface area contributed by atoms with Crippen LogP contribution in [-0.4, -0.2) is 41.7 Å². The number of hydrogen-bond acceptors (Lipinski definition) is 3. The molecule has 0 bridgehead atoms. The number of rotatable bonds is 5. The molecule has 0 aromatic heterocycles. The Labute approximate surface area is 108 Å². The van der Waals surface area contributed by atoms with Crippen LogP contribution in [0.4, 0.5) is 0 Å². The number of aryl methyl sites for hydroxylation is 1. The van der Waals surface area contributed by atoms with Crippen LogP contribution in [0.5, 0.6) is 0 Å². The molecule has 0 spiro atoms. The Morgan fingerprint density at radius 2 is 2.11 bits per heavy atom. The van der Waals surface area contributed by atoms with Crippen molar-refractivity contribution >= 4 is 5.97 Å². The summed E-state index contributed by atoms with van der Waals surface area (Å²) in [5.41, 5.74) is 2.28. The van der Waals surface area contributed by atoms with E-state index >= 15 is 0 Å². The maximum absolute atomic E-state index is 11.0. The highest BCUT2D eigenvalue weighted by Gasteiger charge is 2.42. The molecule has 18 heavy (non-hydrogen) atoms. The first kappa shape index (κ1) is 13.1. The predicted molar refractivity (Wildman–Crippen MR) is 70.5 cm³/mol. The van der Waals surface area contributed by atoms with Crippen LogP contribution >= 0.6 is 0 Å². The fraction of sp³-hybridized carbons (Fsp3) is 0.500. The van der Waals surface area contributed by atoms with Crippen molar-refractivity contribution in [3.63, 3.8) is 0 Å². The highest BCUT2D eigenvalue weighted by molar-refractivity contribution is 5.68. The number of benzene rings is 1. The second-order valence-corrected chi connectivity index (χ2v) is 5.18. The van der Waals surface area contributed by atoms with E-state index < -0.39 is 5.97 Å². The van der Waals surface area contributed by atoms with E-state index in [1.54, 1.807) is 0 Å². The van der Waals surface area contributed by atoms with Gasteiger partial charge in [0.25, 0.3) is 0 Å². The Morgan fingerprint density at radius 1 is 1.44 bits per heavy atom. The Balaban J connectivity index is 2.09. The van der Waals surface area contributed by atoms with E-state index in [9.17, 15) is 4.79 Å². The van der Waals surface area contributed by atoms with E-state index in [4.69, 9.17) is 5.11 Å². The lowest BCUT2D eigenvalue weighted by atomic mass is 9.86. The van der Waals surface area contributed by atoms with Crippen molar-refractivity contribution in [3.05, 3.63) is 35.4 Å². The summed E-state index contributed by atoms with van der Waals surface area (Å²) >= 11 is 0. The van der Waals surface area contributed by atoms with Crippen molar-refractivity contribution in [2.45, 2.75) is 25.4 Å². The molecule has 4 nitrogen and oxygen atoms in total. The minimum atomic E-state index is -0.729. The van der Waals surface area contributed by atoms with Crippen molar-refractivity contribution in [2.24, 2.45) is 0 Å². The van der Waals surface area contributed by atoms with Gasteiger partial charge < -0.3 is 10.4 Å². The number of aliphatic carboxylic acids is 1. The first-order valence-corrected chi connectivity index (χ1v) is 6.22. The predicted octanol–water partition coefficient (Wildman–Crippen LogP) is 1.24. The van der Waals surface area contributed by atoms with Crippen LogP contribution in [0.3, 0.4) is 0 Å². The average molecular weight is 248 g/mol. The monoisotopic (exact) mass is 248 g/mol. The highest BCUT2D eigenvalue weighted by Crippen LogP contribution is 2.25. The van der Waals surface area contributed by atoms with Gasteiger partial charge in [0.2, 0.25) is 0 Å². The number of carbonyl (C=O) groups is 1. The van der Waals surface area contributed by atoms with E-state index in [1.165, 1.54) is 11.1 Å². The molecule has 2 rings (SSSR count). The van der Waals surface area contributed by atoms with E-state index in [0.717, 1.165) is 19.6 Å². The minimum absolute atomic E-state index is 0.197. The number of hydrogen-bond donors (Lipinski definition) is 2. The zero-order chi connectivity index (χ0) is 13.2. The van der Waals surface area contributed by atoms with Crippen molar-refractivity contribution in [1.29, 1.82) is 0 Å². The number of nitrogens with zero attached hydrogens (tertiary/aromatic N) is 1. The Bertz CT molecular complexity index is 441. The van der Waals surface area contributed by atoms with Crippen LogP contribution in [-0.2, 0) is 11.3 Å². The molecule has 1 aromatic rings. The Kier molecular flexibility index (Phi) is 3.68. The molecule has 98 valence electrons. The van der Waals surface area contributed by atoms with Crippen molar-refractivity contribution < 1.29 is 9.90 Å². The van der Waals surface area contributed by atoms with Crippen LogP contribution in [0.2, 0.25) is 0 Å². The van der Waals surface area contributed by atoms with Gasteiger partial charge in [-0.05, 0) is 25.1 Å². The first-order valence-electron chi connectivity index (χ1n) is 6.22. The highest BCUT2D eigenvalue weighted by atomic mass is 16.4. The van der Waals surface area contributed by atoms with Crippen LogP contribution < -0.4 is 5.32 Å².